The lowest BCUT2D eigenvalue weighted by Crippen LogP contribution is -2.58. The zero-order valence-electron chi connectivity index (χ0n) is 20.4. The summed E-state index contributed by atoms with van der Waals surface area (Å²) in [4.78, 5) is 61.7. The molecule has 4 atom stereocenters. The Balaban J connectivity index is 2.31. The van der Waals surface area contributed by atoms with Gasteiger partial charge in [-0.25, -0.2) is 4.79 Å². The van der Waals surface area contributed by atoms with Gasteiger partial charge in [0, 0.05) is 18.6 Å². The Kier molecular flexibility index (Phi) is 11.6. The molecule has 0 aliphatic rings. The molecule has 0 heterocycles. The van der Waals surface area contributed by atoms with Crippen molar-refractivity contribution >= 4 is 42.2 Å². The van der Waals surface area contributed by atoms with E-state index in [-0.39, 0.29) is 24.3 Å². The number of hydrogen-bond donors (Lipinski definition) is 8. The fraction of sp³-hybridized carbons (Fsp3) is 0.320. The molecule has 38 heavy (non-hydrogen) atoms. The highest BCUT2D eigenvalue weighted by Crippen LogP contribution is 2.12. The van der Waals surface area contributed by atoms with Crippen molar-refractivity contribution in [3.8, 4) is 5.75 Å². The first-order valence-electron chi connectivity index (χ1n) is 11.6. The average molecular weight is 546 g/mol. The summed E-state index contributed by atoms with van der Waals surface area (Å²) >= 11 is 4.00. The topological polar surface area (TPSA) is 214 Å². The third-order valence-electron chi connectivity index (χ3n) is 5.48. The van der Waals surface area contributed by atoms with Gasteiger partial charge in [-0.05, 0) is 23.3 Å². The number of amides is 4. The second-order valence-corrected chi connectivity index (χ2v) is 8.91. The fourth-order valence-corrected chi connectivity index (χ4v) is 3.61. The second-order valence-electron chi connectivity index (χ2n) is 8.54. The van der Waals surface area contributed by atoms with Crippen LogP contribution in [0.15, 0.2) is 54.6 Å². The summed E-state index contributed by atoms with van der Waals surface area (Å²) in [7, 11) is 0. The molecule has 13 heteroatoms. The minimum absolute atomic E-state index is 0.00372. The summed E-state index contributed by atoms with van der Waals surface area (Å²) in [5.74, 6) is -4.61. The summed E-state index contributed by atoms with van der Waals surface area (Å²) in [5, 5.41) is 26.3. The van der Waals surface area contributed by atoms with Gasteiger partial charge in [-0.2, -0.15) is 12.6 Å². The maximum Gasteiger partial charge on any atom is 0.326 e. The first kappa shape index (κ1) is 30.1. The number of carbonyl (C=O) groups excluding carboxylic acids is 4. The third-order valence-corrected chi connectivity index (χ3v) is 5.87. The van der Waals surface area contributed by atoms with E-state index in [2.05, 4.69) is 28.6 Å². The highest BCUT2D eigenvalue weighted by Gasteiger charge is 2.31. The van der Waals surface area contributed by atoms with Crippen LogP contribution in [0.2, 0.25) is 0 Å². The van der Waals surface area contributed by atoms with E-state index in [1.807, 2.05) is 0 Å². The van der Waals surface area contributed by atoms with Crippen molar-refractivity contribution < 1.29 is 34.2 Å². The predicted octanol–water partition coefficient (Wildman–Crippen LogP) is -1.15. The maximum absolute atomic E-state index is 13.4. The number of thiol groups is 1. The Morgan fingerprint density at radius 2 is 1.24 bits per heavy atom. The first-order chi connectivity index (χ1) is 18.0. The molecular formula is C25H31N5O7S. The van der Waals surface area contributed by atoms with Gasteiger partial charge in [-0.1, -0.05) is 42.5 Å². The number of phenols is 1. The van der Waals surface area contributed by atoms with Crippen molar-refractivity contribution in [1.29, 1.82) is 0 Å². The number of phenolic OH excluding ortho intramolecular Hbond substituents is 1. The van der Waals surface area contributed by atoms with E-state index in [0.717, 1.165) is 0 Å². The van der Waals surface area contributed by atoms with Crippen molar-refractivity contribution in [3.63, 3.8) is 0 Å². The smallest absolute Gasteiger partial charge is 0.326 e. The quantitative estimate of drug-likeness (QED) is 0.135. The van der Waals surface area contributed by atoms with Crippen molar-refractivity contribution in [2.24, 2.45) is 11.5 Å². The zero-order chi connectivity index (χ0) is 28.2. The minimum atomic E-state index is -1.60. The Hall–Kier alpha value is -4.10. The van der Waals surface area contributed by atoms with E-state index < -0.39 is 60.2 Å². The second kappa shape index (κ2) is 14.6. The normalized spacial score (nSPS) is 13.8. The molecule has 0 aliphatic heterocycles. The van der Waals surface area contributed by atoms with Gasteiger partial charge in [0.25, 0.3) is 0 Å². The Bertz CT molecular complexity index is 1130. The molecule has 0 spiro atoms. The van der Waals surface area contributed by atoms with Gasteiger partial charge in [0.15, 0.2) is 0 Å². The van der Waals surface area contributed by atoms with Gasteiger partial charge >= 0.3 is 5.97 Å². The molecule has 2 aromatic rings. The van der Waals surface area contributed by atoms with Gasteiger partial charge < -0.3 is 37.6 Å². The number of hydrogen-bond acceptors (Lipinski definition) is 8. The average Bonchev–Trinajstić information content (AvgIpc) is 2.88. The van der Waals surface area contributed by atoms with E-state index >= 15 is 0 Å². The number of nitrogens with two attached hydrogens (primary N) is 2. The van der Waals surface area contributed by atoms with Crippen LogP contribution in [0.25, 0.3) is 0 Å². The lowest BCUT2D eigenvalue weighted by molar-refractivity contribution is -0.143. The van der Waals surface area contributed by atoms with Crippen LogP contribution in [0.4, 0.5) is 0 Å². The Morgan fingerprint density at radius 3 is 1.71 bits per heavy atom. The monoisotopic (exact) mass is 545 g/mol. The molecule has 4 unspecified atom stereocenters. The highest BCUT2D eigenvalue weighted by atomic mass is 32.1. The van der Waals surface area contributed by atoms with E-state index in [9.17, 15) is 34.2 Å². The van der Waals surface area contributed by atoms with Gasteiger partial charge in [0.1, 0.15) is 23.9 Å². The summed E-state index contributed by atoms with van der Waals surface area (Å²) < 4.78 is 0. The molecule has 0 saturated carbocycles. The van der Waals surface area contributed by atoms with Crippen LogP contribution in [-0.4, -0.2) is 69.7 Å². The Morgan fingerprint density at radius 1 is 0.763 bits per heavy atom. The van der Waals surface area contributed by atoms with E-state index in [1.54, 1.807) is 42.5 Å². The SMILES string of the molecule is NC(=O)CC(NC(=O)C(Cc1ccccc1)NC(=O)C(Cc1ccc(O)cc1)NC(=O)C(N)CS)C(=O)O. The van der Waals surface area contributed by atoms with Crippen molar-refractivity contribution in [2.75, 3.05) is 5.75 Å². The molecule has 4 amide bonds. The number of rotatable bonds is 14. The lowest BCUT2D eigenvalue weighted by atomic mass is 10.0. The largest absolute Gasteiger partial charge is 0.508 e. The van der Waals surface area contributed by atoms with Crippen molar-refractivity contribution in [2.45, 2.75) is 43.4 Å². The van der Waals surface area contributed by atoms with Crippen molar-refractivity contribution in [1.82, 2.24) is 16.0 Å². The summed E-state index contributed by atoms with van der Waals surface area (Å²) in [6.45, 7) is 0. The van der Waals surface area contributed by atoms with Crippen LogP contribution >= 0.6 is 12.6 Å². The number of benzene rings is 2. The molecule has 0 radical (unpaired) electrons. The minimum Gasteiger partial charge on any atom is -0.508 e. The van der Waals surface area contributed by atoms with Gasteiger partial charge in [0.2, 0.25) is 23.6 Å². The van der Waals surface area contributed by atoms with Crippen molar-refractivity contribution in [3.05, 3.63) is 65.7 Å². The number of nitrogens with one attached hydrogen (secondary N) is 3. The van der Waals surface area contributed by atoms with E-state index in [0.29, 0.717) is 11.1 Å². The van der Waals surface area contributed by atoms with E-state index in [4.69, 9.17) is 11.5 Å². The summed E-state index contributed by atoms with van der Waals surface area (Å²) in [6.07, 6.45) is -0.665. The molecule has 0 aromatic heterocycles. The number of primary amides is 1. The molecule has 9 N–H and O–H groups in total. The number of carbonyl (C=O) groups is 5. The molecule has 204 valence electrons. The maximum atomic E-state index is 13.4. The van der Waals surface area contributed by atoms with Crippen LogP contribution in [0.5, 0.6) is 5.75 Å². The highest BCUT2D eigenvalue weighted by molar-refractivity contribution is 7.80. The molecule has 2 rings (SSSR count). The summed E-state index contributed by atoms with van der Waals surface area (Å²) in [5.41, 5.74) is 12.1. The van der Waals surface area contributed by atoms with Crippen LogP contribution in [0.3, 0.4) is 0 Å². The molecule has 0 saturated heterocycles. The predicted molar refractivity (Wildman–Crippen MR) is 141 cm³/mol. The third kappa shape index (κ3) is 9.75. The van der Waals surface area contributed by atoms with E-state index in [1.165, 1.54) is 12.1 Å². The van der Waals surface area contributed by atoms with Gasteiger partial charge in [0.05, 0.1) is 12.5 Å². The standard InChI is InChI=1S/C25H31N5O7S/c26-17(13-38)22(33)28-18(11-15-6-8-16(31)9-7-15)23(34)29-19(10-14-4-2-1-3-5-14)24(35)30-20(25(36)37)12-21(27)32/h1-9,17-20,31,38H,10-13,26H2,(H2,27,32)(H,28,33)(H,29,34)(H,30,35)(H,36,37). The molecule has 12 nitrogen and oxygen atoms in total. The summed E-state index contributed by atoms with van der Waals surface area (Å²) in [6, 6.07) is 9.57. The Labute approximate surface area is 224 Å². The van der Waals surface area contributed by atoms with Crippen LogP contribution in [0.1, 0.15) is 17.5 Å². The fourth-order valence-electron chi connectivity index (χ4n) is 3.44. The number of carboxylic acids is 1. The van der Waals surface area contributed by atoms with Crippen LogP contribution in [0, 0.1) is 0 Å². The van der Waals surface area contributed by atoms with Crippen LogP contribution in [-0.2, 0) is 36.8 Å². The van der Waals surface area contributed by atoms with Crippen LogP contribution < -0.4 is 27.4 Å². The number of aliphatic carboxylic acids is 1. The molecule has 0 aliphatic carbocycles. The molecule has 0 fully saturated rings. The first-order valence-corrected chi connectivity index (χ1v) is 12.2. The van der Waals surface area contributed by atoms with Gasteiger partial charge in [-0.3, -0.25) is 19.2 Å². The zero-order valence-corrected chi connectivity index (χ0v) is 21.3. The number of carboxylic acid groups (broad SMARTS) is 1. The van der Waals surface area contributed by atoms with Gasteiger partial charge in [-0.15, -0.1) is 0 Å². The molecule has 0 bridgehead atoms. The molecular weight excluding hydrogens is 514 g/mol. The molecule has 2 aromatic carbocycles. The number of aromatic hydroxyl groups is 1. The lowest BCUT2D eigenvalue weighted by Gasteiger charge is -2.25.